The van der Waals surface area contributed by atoms with Gasteiger partial charge in [0.05, 0.1) is 0 Å². The van der Waals surface area contributed by atoms with Crippen molar-refractivity contribution in [1.82, 2.24) is 0 Å². The average molecular weight is 299 g/mol. The molecular formula is C19H26OSi. The average Bonchev–Trinajstić information content (AvgIpc) is 2.67. The Kier molecular flexibility index (Phi) is 4.57. The van der Waals surface area contributed by atoms with E-state index in [2.05, 4.69) is 88.5 Å². The topological polar surface area (TPSA) is 9.23 Å². The predicted molar refractivity (Wildman–Crippen MR) is 95.1 cm³/mol. The zero-order chi connectivity index (χ0) is 15.5. The molecule has 0 aromatic heterocycles. The molecular weight excluding hydrogens is 272 g/mol. The summed E-state index contributed by atoms with van der Waals surface area (Å²) in [6.07, 6.45) is 11.6. The van der Waals surface area contributed by atoms with Crippen molar-refractivity contribution in [2.75, 3.05) is 0 Å². The Labute approximate surface area is 130 Å². The zero-order valence-electron chi connectivity index (χ0n) is 13.8. The first kappa shape index (κ1) is 15.8. The Morgan fingerprint density at radius 1 is 0.952 bits per heavy atom. The van der Waals surface area contributed by atoms with Crippen LogP contribution in [0.1, 0.15) is 32.8 Å². The molecule has 112 valence electrons. The lowest BCUT2D eigenvalue weighted by Crippen LogP contribution is -2.43. The predicted octanol–water partition coefficient (Wildman–Crippen LogP) is 5.97. The Morgan fingerprint density at radius 2 is 1.62 bits per heavy atom. The van der Waals surface area contributed by atoms with Gasteiger partial charge in [-0.05, 0) is 47.8 Å². The molecule has 0 atom stereocenters. The molecule has 1 aliphatic rings. The maximum atomic E-state index is 6.32. The Morgan fingerprint density at radius 3 is 2.24 bits per heavy atom. The smallest absolute Gasteiger partial charge is 0.250 e. The van der Waals surface area contributed by atoms with E-state index in [1.807, 2.05) is 0 Å². The van der Waals surface area contributed by atoms with Gasteiger partial charge in [-0.25, -0.2) is 0 Å². The normalized spacial score (nSPS) is 15.6. The summed E-state index contributed by atoms with van der Waals surface area (Å²) in [5, 5.41) is 0.227. The lowest BCUT2D eigenvalue weighted by Gasteiger charge is -2.36. The fourth-order valence-electron chi connectivity index (χ4n) is 1.98. The highest BCUT2D eigenvalue weighted by Crippen LogP contribution is 2.37. The SMILES string of the molecule is CC(C)(C)[Si](C)(C)Oc1ccc(C2=CC=CC=CC2)cc1. The van der Waals surface area contributed by atoms with Crippen LogP contribution in [-0.4, -0.2) is 8.32 Å². The fraction of sp³-hybridized carbons (Fsp3) is 0.368. The van der Waals surface area contributed by atoms with Crippen molar-refractivity contribution in [1.29, 1.82) is 0 Å². The van der Waals surface area contributed by atoms with Crippen LogP contribution in [-0.2, 0) is 0 Å². The summed E-state index contributed by atoms with van der Waals surface area (Å²) in [6.45, 7) is 11.4. The highest BCUT2D eigenvalue weighted by molar-refractivity contribution is 6.74. The van der Waals surface area contributed by atoms with Crippen molar-refractivity contribution < 1.29 is 4.43 Å². The van der Waals surface area contributed by atoms with E-state index in [1.165, 1.54) is 11.1 Å². The van der Waals surface area contributed by atoms with Crippen molar-refractivity contribution in [3.05, 3.63) is 60.2 Å². The second kappa shape index (κ2) is 6.06. The van der Waals surface area contributed by atoms with E-state index in [4.69, 9.17) is 4.43 Å². The number of hydrogen-bond acceptors (Lipinski definition) is 1. The third-order valence-electron chi connectivity index (χ3n) is 4.40. The Hall–Kier alpha value is -1.54. The molecule has 1 aliphatic carbocycles. The summed E-state index contributed by atoms with van der Waals surface area (Å²) in [5.41, 5.74) is 2.62. The van der Waals surface area contributed by atoms with Crippen LogP contribution in [0.2, 0.25) is 18.1 Å². The van der Waals surface area contributed by atoms with E-state index in [1.54, 1.807) is 0 Å². The van der Waals surface area contributed by atoms with Crippen LogP contribution in [0.15, 0.2) is 54.6 Å². The second-order valence-electron chi connectivity index (χ2n) is 7.10. The number of rotatable bonds is 3. The van der Waals surface area contributed by atoms with Crippen LogP contribution in [0.25, 0.3) is 5.57 Å². The molecule has 0 radical (unpaired) electrons. The van der Waals surface area contributed by atoms with Gasteiger partial charge in [-0.15, -0.1) is 0 Å². The Bertz CT molecular complexity index is 569. The number of hydrogen-bond donors (Lipinski definition) is 0. The van der Waals surface area contributed by atoms with E-state index in [0.29, 0.717) is 0 Å². The molecule has 1 aromatic rings. The third kappa shape index (κ3) is 3.98. The first-order valence-corrected chi connectivity index (χ1v) is 10.5. The molecule has 0 unspecified atom stereocenters. The van der Waals surface area contributed by atoms with Gasteiger partial charge in [0.1, 0.15) is 5.75 Å². The molecule has 2 heteroatoms. The molecule has 0 N–H and O–H groups in total. The lowest BCUT2D eigenvalue weighted by molar-refractivity contribution is 0.492. The minimum atomic E-state index is -1.75. The van der Waals surface area contributed by atoms with Gasteiger partial charge in [0.25, 0.3) is 0 Å². The molecule has 0 aliphatic heterocycles. The number of allylic oxidation sites excluding steroid dienone is 6. The molecule has 0 saturated carbocycles. The highest BCUT2D eigenvalue weighted by Gasteiger charge is 2.38. The molecule has 1 nitrogen and oxygen atoms in total. The van der Waals surface area contributed by atoms with Crippen LogP contribution in [0.3, 0.4) is 0 Å². The van der Waals surface area contributed by atoms with Gasteiger partial charge in [-0.3, -0.25) is 0 Å². The van der Waals surface area contributed by atoms with Crippen LogP contribution >= 0.6 is 0 Å². The number of benzene rings is 1. The minimum Gasteiger partial charge on any atom is -0.544 e. The summed E-state index contributed by atoms with van der Waals surface area (Å²) in [6, 6.07) is 8.55. The van der Waals surface area contributed by atoms with E-state index in [9.17, 15) is 0 Å². The highest BCUT2D eigenvalue weighted by atomic mass is 28.4. The van der Waals surface area contributed by atoms with Gasteiger partial charge in [0.2, 0.25) is 8.32 Å². The molecule has 0 heterocycles. The largest absolute Gasteiger partial charge is 0.544 e. The van der Waals surface area contributed by atoms with Crippen molar-refractivity contribution in [3.63, 3.8) is 0 Å². The van der Waals surface area contributed by atoms with Crippen LogP contribution in [0, 0.1) is 0 Å². The first-order valence-electron chi connectivity index (χ1n) is 7.61. The zero-order valence-corrected chi connectivity index (χ0v) is 14.8. The quantitative estimate of drug-likeness (QED) is 0.625. The minimum absolute atomic E-state index is 0.227. The van der Waals surface area contributed by atoms with Gasteiger partial charge >= 0.3 is 0 Å². The lowest BCUT2D eigenvalue weighted by atomic mass is 10.0. The van der Waals surface area contributed by atoms with Gasteiger partial charge in [0.15, 0.2) is 0 Å². The van der Waals surface area contributed by atoms with E-state index in [-0.39, 0.29) is 5.04 Å². The molecule has 2 rings (SSSR count). The second-order valence-corrected chi connectivity index (χ2v) is 11.8. The van der Waals surface area contributed by atoms with E-state index < -0.39 is 8.32 Å². The fourth-order valence-corrected chi connectivity index (χ4v) is 3.01. The molecule has 1 aromatic carbocycles. The molecule has 0 saturated heterocycles. The van der Waals surface area contributed by atoms with Crippen LogP contribution < -0.4 is 4.43 Å². The third-order valence-corrected chi connectivity index (χ3v) is 8.76. The summed E-state index contributed by atoms with van der Waals surface area (Å²) in [5.74, 6) is 0.991. The van der Waals surface area contributed by atoms with Crippen molar-refractivity contribution in [2.24, 2.45) is 0 Å². The molecule has 0 bridgehead atoms. The van der Waals surface area contributed by atoms with Crippen molar-refractivity contribution >= 4 is 13.9 Å². The maximum absolute atomic E-state index is 6.32. The van der Waals surface area contributed by atoms with Gasteiger partial charge in [-0.1, -0.05) is 63.3 Å². The van der Waals surface area contributed by atoms with Crippen molar-refractivity contribution in [3.8, 4) is 5.75 Å². The van der Waals surface area contributed by atoms with E-state index in [0.717, 1.165) is 12.2 Å². The van der Waals surface area contributed by atoms with Crippen LogP contribution in [0.5, 0.6) is 5.75 Å². The maximum Gasteiger partial charge on any atom is 0.250 e. The van der Waals surface area contributed by atoms with Gasteiger partial charge in [0, 0.05) is 0 Å². The summed E-state index contributed by atoms with van der Waals surface area (Å²) in [7, 11) is -1.75. The van der Waals surface area contributed by atoms with Crippen LogP contribution in [0.4, 0.5) is 0 Å². The van der Waals surface area contributed by atoms with E-state index >= 15 is 0 Å². The molecule has 0 fully saturated rings. The van der Waals surface area contributed by atoms with Gasteiger partial charge < -0.3 is 4.43 Å². The molecule has 0 spiro atoms. The molecule has 0 amide bonds. The summed E-state index contributed by atoms with van der Waals surface area (Å²) >= 11 is 0. The standard InChI is InChI=1S/C19H26OSi/c1-19(2,3)21(4,5)20-18-14-12-17(13-15-18)16-10-8-6-7-9-11-16/h6-10,12-15H,11H2,1-5H3. The Balaban J connectivity index is 2.15. The van der Waals surface area contributed by atoms with Crippen molar-refractivity contribution in [2.45, 2.75) is 45.3 Å². The molecule has 21 heavy (non-hydrogen) atoms. The monoisotopic (exact) mass is 298 g/mol. The first-order chi connectivity index (χ1) is 9.79. The van der Waals surface area contributed by atoms with Gasteiger partial charge in [-0.2, -0.15) is 0 Å². The summed E-state index contributed by atoms with van der Waals surface area (Å²) < 4.78 is 6.32. The summed E-state index contributed by atoms with van der Waals surface area (Å²) in [4.78, 5) is 0.